The first-order chi connectivity index (χ1) is 7.22. The number of nitrogens with zero attached hydrogens (tertiary/aromatic N) is 2. The van der Waals surface area contributed by atoms with Gasteiger partial charge in [0.2, 0.25) is 5.95 Å². The molecule has 5 nitrogen and oxygen atoms in total. The van der Waals surface area contributed by atoms with Crippen molar-refractivity contribution in [3.63, 3.8) is 0 Å². The fraction of sp³-hybridized carbons (Fsp3) is 0.556. The molecule has 0 saturated carbocycles. The molecule has 1 atom stereocenters. The zero-order valence-electron chi connectivity index (χ0n) is 8.61. The first-order valence-corrected chi connectivity index (χ1v) is 5.47. The maximum absolute atomic E-state index is 5.76. The summed E-state index contributed by atoms with van der Waals surface area (Å²) < 4.78 is 5.80. The Bertz CT molecular complexity index is 280. The monoisotopic (exact) mass is 274 g/mol. The lowest BCUT2D eigenvalue weighted by Gasteiger charge is -2.10. The molecule has 1 heterocycles. The molecule has 84 valence electrons. The van der Waals surface area contributed by atoms with Gasteiger partial charge in [-0.25, -0.2) is 9.97 Å². The highest BCUT2D eigenvalue weighted by molar-refractivity contribution is 9.10. The minimum atomic E-state index is 0.0537. The second kappa shape index (κ2) is 6.71. The fourth-order valence-electron chi connectivity index (χ4n) is 1.07. The lowest BCUT2D eigenvalue weighted by atomic mass is 10.2. The van der Waals surface area contributed by atoms with E-state index in [1.165, 1.54) is 0 Å². The van der Waals surface area contributed by atoms with Crippen LogP contribution in [0.2, 0.25) is 0 Å². The van der Waals surface area contributed by atoms with E-state index in [2.05, 4.69) is 31.2 Å². The van der Waals surface area contributed by atoms with Crippen LogP contribution in [-0.4, -0.2) is 36.3 Å². The van der Waals surface area contributed by atoms with Gasteiger partial charge in [0, 0.05) is 32.1 Å². The Morgan fingerprint density at radius 2 is 2.20 bits per heavy atom. The van der Waals surface area contributed by atoms with Crippen molar-refractivity contribution in [1.29, 1.82) is 0 Å². The predicted molar refractivity (Wildman–Crippen MR) is 62.7 cm³/mol. The molecule has 0 aliphatic heterocycles. The van der Waals surface area contributed by atoms with Crippen molar-refractivity contribution in [2.45, 2.75) is 12.5 Å². The molecule has 0 aliphatic carbocycles. The maximum atomic E-state index is 5.76. The largest absolute Gasteiger partial charge is 0.383 e. The van der Waals surface area contributed by atoms with Gasteiger partial charge in [0.05, 0.1) is 11.1 Å². The summed E-state index contributed by atoms with van der Waals surface area (Å²) in [5.74, 6) is 0.614. The van der Waals surface area contributed by atoms with Gasteiger partial charge >= 0.3 is 0 Å². The Kier molecular flexibility index (Phi) is 5.52. The predicted octanol–water partition coefficient (Wildman–Crippen LogP) is 1.01. The zero-order valence-corrected chi connectivity index (χ0v) is 10.2. The van der Waals surface area contributed by atoms with E-state index in [1.807, 2.05) is 0 Å². The van der Waals surface area contributed by atoms with E-state index in [1.54, 1.807) is 19.5 Å². The molecule has 0 aliphatic rings. The van der Waals surface area contributed by atoms with Crippen LogP contribution in [0.15, 0.2) is 16.9 Å². The Morgan fingerprint density at radius 1 is 1.53 bits per heavy atom. The quantitative estimate of drug-likeness (QED) is 0.810. The lowest BCUT2D eigenvalue weighted by Crippen LogP contribution is -2.28. The van der Waals surface area contributed by atoms with Gasteiger partial charge in [-0.3, -0.25) is 0 Å². The van der Waals surface area contributed by atoms with E-state index in [-0.39, 0.29) is 6.04 Å². The average molecular weight is 275 g/mol. The van der Waals surface area contributed by atoms with Crippen LogP contribution in [0.3, 0.4) is 0 Å². The zero-order chi connectivity index (χ0) is 11.1. The molecular formula is C9H15BrN4O. The third kappa shape index (κ3) is 5.06. The number of halogens is 1. The second-order valence-corrected chi connectivity index (χ2v) is 4.07. The summed E-state index contributed by atoms with van der Waals surface area (Å²) in [4.78, 5) is 8.16. The van der Waals surface area contributed by atoms with Crippen molar-refractivity contribution >= 4 is 21.9 Å². The van der Waals surface area contributed by atoms with Crippen LogP contribution in [-0.2, 0) is 4.74 Å². The molecule has 0 fully saturated rings. The van der Waals surface area contributed by atoms with Crippen LogP contribution in [0.5, 0.6) is 0 Å². The number of nitrogens with two attached hydrogens (primary N) is 1. The number of anilines is 1. The van der Waals surface area contributed by atoms with Gasteiger partial charge < -0.3 is 15.8 Å². The van der Waals surface area contributed by atoms with E-state index in [0.29, 0.717) is 12.6 Å². The van der Waals surface area contributed by atoms with E-state index in [9.17, 15) is 0 Å². The number of rotatable bonds is 6. The standard InChI is InChI=1S/C9H15BrN4O/c1-15-6-8(11)2-3-12-9-13-4-7(10)5-14-9/h4-5,8H,2-3,6,11H2,1H3,(H,12,13,14). The Labute approximate surface area is 97.6 Å². The van der Waals surface area contributed by atoms with Crippen LogP contribution in [0.25, 0.3) is 0 Å². The molecule has 1 aromatic rings. The molecule has 0 radical (unpaired) electrons. The maximum Gasteiger partial charge on any atom is 0.222 e. The summed E-state index contributed by atoms with van der Waals surface area (Å²) in [7, 11) is 1.64. The van der Waals surface area contributed by atoms with Crippen molar-refractivity contribution < 1.29 is 4.74 Å². The van der Waals surface area contributed by atoms with Crippen LogP contribution in [0, 0.1) is 0 Å². The number of aromatic nitrogens is 2. The molecule has 6 heteroatoms. The van der Waals surface area contributed by atoms with E-state index in [4.69, 9.17) is 10.5 Å². The highest BCUT2D eigenvalue weighted by Gasteiger charge is 2.01. The molecule has 3 N–H and O–H groups in total. The number of hydrogen-bond acceptors (Lipinski definition) is 5. The Hall–Kier alpha value is -0.720. The van der Waals surface area contributed by atoms with E-state index < -0.39 is 0 Å². The molecule has 1 aromatic heterocycles. The molecule has 15 heavy (non-hydrogen) atoms. The Morgan fingerprint density at radius 3 is 2.80 bits per heavy atom. The van der Waals surface area contributed by atoms with Gasteiger partial charge in [-0.2, -0.15) is 0 Å². The molecule has 0 amide bonds. The van der Waals surface area contributed by atoms with E-state index in [0.717, 1.165) is 17.4 Å². The summed E-state index contributed by atoms with van der Waals surface area (Å²) in [6.45, 7) is 1.31. The van der Waals surface area contributed by atoms with Gasteiger partial charge in [-0.15, -0.1) is 0 Å². The highest BCUT2D eigenvalue weighted by Crippen LogP contribution is 2.06. The van der Waals surface area contributed by atoms with E-state index >= 15 is 0 Å². The topological polar surface area (TPSA) is 73.1 Å². The van der Waals surface area contributed by atoms with Crippen LogP contribution in [0.4, 0.5) is 5.95 Å². The summed E-state index contributed by atoms with van der Waals surface area (Å²) in [6.07, 6.45) is 4.22. The second-order valence-electron chi connectivity index (χ2n) is 3.16. The third-order valence-electron chi connectivity index (χ3n) is 1.80. The SMILES string of the molecule is COCC(N)CCNc1ncc(Br)cn1. The number of ether oxygens (including phenoxy) is 1. The summed E-state index contributed by atoms with van der Waals surface area (Å²) in [6, 6.07) is 0.0537. The normalized spacial score (nSPS) is 12.5. The lowest BCUT2D eigenvalue weighted by molar-refractivity contribution is 0.178. The van der Waals surface area contributed by atoms with Crippen LogP contribution < -0.4 is 11.1 Å². The van der Waals surface area contributed by atoms with Crippen molar-refractivity contribution in [1.82, 2.24) is 9.97 Å². The first-order valence-electron chi connectivity index (χ1n) is 4.68. The minimum absolute atomic E-state index is 0.0537. The smallest absolute Gasteiger partial charge is 0.222 e. The van der Waals surface area contributed by atoms with Crippen LogP contribution in [0.1, 0.15) is 6.42 Å². The number of hydrogen-bond donors (Lipinski definition) is 2. The number of methoxy groups -OCH3 is 1. The Balaban J connectivity index is 2.22. The molecule has 1 unspecified atom stereocenters. The summed E-state index contributed by atoms with van der Waals surface area (Å²) in [5.41, 5.74) is 5.76. The summed E-state index contributed by atoms with van der Waals surface area (Å²) >= 11 is 3.27. The van der Waals surface area contributed by atoms with Crippen molar-refractivity contribution in [2.75, 3.05) is 25.6 Å². The van der Waals surface area contributed by atoms with Crippen molar-refractivity contribution in [2.24, 2.45) is 5.73 Å². The van der Waals surface area contributed by atoms with Gasteiger partial charge in [-0.1, -0.05) is 0 Å². The van der Waals surface area contributed by atoms with Gasteiger partial charge in [0.15, 0.2) is 0 Å². The highest BCUT2D eigenvalue weighted by atomic mass is 79.9. The molecule has 0 aromatic carbocycles. The molecule has 1 rings (SSSR count). The first kappa shape index (κ1) is 12.4. The molecular weight excluding hydrogens is 260 g/mol. The molecule has 0 saturated heterocycles. The summed E-state index contributed by atoms with van der Waals surface area (Å²) in [5, 5.41) is 3.08. The van der Waals surface area contributed by atoms with Crippen molar-refractivity contribution in [3.05, 3.63) is 16.9 Å². The van der Waals surface area contributed by atoms with Gasteiger partial charge in [-0.05, 0) is 22.4 Å². The average Bonchev–Trinajstić information content (AvgIpc) is 2.21. The fourth-order valence-corrected chi connectivity index (χ4v) is 1.28. The molecule has 0 spiro atoms. The van der Waals surface area contributed by atoms with Crippen molar-refractivity contribution in [3.8, 4) is 0 Å². The van der Waals surface area contributed by atoms with Gasteiger partial charge in [0.1, 0.15) is 0 Å². The van der Waals surface area contributed by atoms with Crippen LogP contribution >= 0.6 is 15.9 Å². The minimum Gasteiger partial charge on any atom is -0.383 e. The molecule has 0 bridgehead atoms. The van der Waals surface area contributed by atoms with Gasteiger partial charge in [0.25, 0.3) is 0 Å². The number of nitrogens with one attached hydrogen (secondary N) is 1. The third-order valence-corrected chi connectivity index (χ3v) is 2.21.